The molecular weight excluding hydrogens is 268 g/mol. The zero-order chi connectivity index (χ0) is 15.3. The summed E-state index contributed by atoms with van der Waals surface area (Å²) in [6.07, 6.45) is 5.74. The molecule has 0 radical (unpaired) electrons. The van der Waals surface area contributed by atoms with Crippen molar-refractivity contribution in [1.82, 2.24) is 19.8 Å². The summed E-state index contributed by atoms with van der Waals surface area (Å²) in [6, 6.07) is 0. The van der Waals surface area contributed by atoms with E-state index in [4.69, 9.17) is 4.74 Å². The Balaban J connectivity index is 1.92. The summed E-state index contributed by atoms with van der Waals surface area (Å²) in [4.78, 5) is 19.1. The summed E-state index contributed by atoms with van der Waals surface area (Å²) in [5.41, 5.74) is -0.322. The average molecular weight is 294 g/mol. The summed E-state index contributed by atoms with van der Waals surface area (Å²) >= 11 is 0. The van der Waals surface area contributed by atoms with Crippen molar-refractivity contribution >= 4 is 5.91 Å². The minimum atomic E-state index is -0.322. The minimum absolute atomic E-state index is 0.129. The van der Waals surface area contributed by atoms with Crippen LogP contribution in [0.2, 0.25) is 0 Å². The van der Waals surface area contributed by atoms with E-state index in [1.54, 1.807) is 7.11 Å². The lowest BCUT2D eigenvalue weighted by molar-refractivity contribution is -0.133. The molecule has 1 aromatic rings. The van der Waals surface area contributed by atoms with Crippen molar-refractivity contribution in [2.45, 2.75) is 26.3 Å². The van der Waals surface area contributed by atoms with Gasteiger partial charge in [0.2, 0.25) is 5.91 Å². The molecule has 1 amide bonds. The third-order valence-corrected chi connectivity index (χ3v) is 4.20. The highest BCUT2D eigenvalue weighted by atomic mass is 16.5. The van der Waals surface area contributed by atoms with E-state index in [1.807, 2.05) is 24.0 Å². The van der Waals surface area contributed by atoms with E-state index in [0.29, 0.717) is 13.2 Å². The number of methoxy groups -OCH3 is 1. The number of likely N-dealkylation sites (tertiary alicyclic amines) is 1. The first-order valence-corrected chi connectivity index (χ1v) is 7.51. The van der Waals surface area contributed by atoms with Crippen molar-refractivity contribution in [3.63, 3.8) is 0 Å². The first-order valence-electron chi connectivity index (χ1n) is 7.51. The second-order valence-corrected chi connectivity index (χ2v) is 6.08. The van der Waals surface area contributed by atoms with Gasteiger partial charge < -0.3 is 14.6 Å². The van der Waals surface area contributed by atoms with Crippen molar-refractivity contribution in [2.24, 2.45) is 12.5 Å². The summed E-state index contributed by atoms with van der Waals surface area (Å²) in [6.45, 7) is 5.78. The molecule has 1 fully saturated rings. The van der Waals surface area contributed by atoms with Crippen LogP contribution in [-0.4, -0.2) is 53.7 Å². The maximum atomic E-state index is 12.4. The standard InChI is InChI=1S/C15H26N4O2/c1-15(14(20)17-7-10-21-3)5-4-8-19(12-15)11-13-16-6-9-18(13)2/h6,9H,4-5,7-8,10-12H2,1-3H3,(H,17,20). The summed E-state index contributed by atoms with van der Waals surface area (Å²) in [7, 11) is 3.64. The SMILES string of the molecule is COCCNC(=O)C1(C)CCCN(Cc2nccn2C)C1. The normalized spacial score (nSPS) is 23.2. The zero-order valence-corrected chi connectivity index (χ0v) is 13.3. The second kappa shape index (κ2) is 7.04. The van der Waals surface area contributed by atoms with E-state index in [-0.39, 0.29) is 11.3 Å². The predicted molar refractivity (Wildman–Crippen MR) is 80.7 cm³/mol. The van der Waals surface area contributed by atoms with Crippen LogP contribution < -0.4 is 5.32 Å². The molecule has 1 aromatic heterocycles. The number of aromatic nitrogens is 2. The number of nitrogens with one attached hydrogen (secondary N) is 1. The minimum Gasteiger partial charge on any atom is -0.383 e. The Kier molecular flexibility index (Phi) is 5.36. The second-order valence-electron chi connectivity index (χ2n) is 6.08. The van der Waals surface area contributed by atoms with Crippen LogP contribution in [0.1, 0.15) is 25.6 Å². The molecule has 0 bridgehead atoms. The number of imidazole rings is 1. The van der Waals surface area contributed by atoms with Gasteiger partial charge in [0, 0.05) is 39.6 Å². The molecule has 1 atom stereocenters. The molecule has 1 saturated heterocycles. The molecule has 2 heterocycles. The number of carbonyl (C=O) groups is 1. The monoisotopic (exact) mass is 294 g/mol. The molecule has 2 rings (SSSR count). The fourth-order valence-corrected chi connectivity index (χ4v) is 2.89. The molecule has 6 heteroatoms. The van der Waals surface area contributed by atoms with Crippen LogP contribution in [0.3, 0.4) is 0 Å². The van der Waals surface area contributed by atoms with Gasteiger partial charge in [0.15, 0.2) is 0 Å². The predicted octanol–water partition coefficient (Wildman–Crippen LogP) is 0.785. The third kappa shape index (κ3) is 4.04. The summed E-state index contributed by atoms with van der Waals surface area (Å²) in [5.74, 6) is 1.17. The Morgan fingerprint density at radius 1 is 1.57 bits per heavy atom. The summed E-state index contributed by atoms with van der Waals surface area (Å²) in [5, 5.41) is 2.97. The van der Waals surface area contributed by atoms with E-state index < -0.39 is 0 Å². The van der Waals surface area contributed by atoms with Crippen molar-refractivity contribution < 1.29 is 9.53 Å². The zero-order valence-electron chi connectivity index (χ0n) is 13.3. The van der Waals surface area contributed by atoms with Gasteiger partial charge in [-0.15, -0.1) is 0 Å². The van der Waals surface area contributed by atoms with E-state index in [0.717, 1.165) is 38.3 Å². The summed E-state index contributed by atoms with van der Waals surface area (Å²) < 4.78 is 7.01. The van der Waals surface area contributed by atoms with E-state index in [2.05, 4.69) is 22.1 Å². The Labute approximate surface area is 126 Å². The molecule has 1 N–H and O–H groups in total. The lowest BCUT2D eigenvalue weighted by Crippen LogP contribution is -2.50. The number of rotatable bonds is 6. The highest BCUT2D eigenvalue weighted by molar-refractivity contribution is 5.82. The van der Waals surface area contributed by atoms with E-state index in [1.165, 1.54) is 0 Å². The maximum Gasteiger partial charge on any atom is 0.227 e. The number of hydrogen-bond acceptors (Lipinski definition) is 4. The number of carbonyl (C=O) groups excluding carboxylic acids is 1. The van der Waals surface area contributed by atoms with Gasteiger partial charge in [-0.1, -0.05) is 0 Å². The highest BCUT2D eigenvalue weighted by Gasteiger charge is 2.37. The van der Waals surface area contributed by atoms with Crippen molar-refractivity contribution in [3.05, 3.63) is 18.2 Å². The number of ether oxygens (including phenoxy) is 1. The number of piperidine rings is 1. The van der Waals surface area contributed by atoms with Gasteiger partial charge in [-0.2, -0.15) is 0 Å². The molecule has 6 nitrogen and oxygen atoms in total. The number of nitrogens with zero attached hydrogens (tertiary/aromatic N) is 3. The third-order valence-electron chi connectivity index (χ3n) is 4.20. The molecule has 118 valence electrons. The van der Waals surface area contributed by atoms with Crippen LogP contribution in [0.15, 0.2) is 12.4 Å². The lowest BCUT2D eigenvalue weighted by Gasteiger charge is -2.39. The number of hydrogen-bond donors (Lipinski definition) is 1. The van der Waals surface area contributed by atoms with Gasteiger partial charge in [-0.05, 0) is 26.3 Å². The van der Waals surface area contributed by atoms with Gasteiger partial charge in [0.25, 0.3) is 0 Å². The number of amides is 1. The van der Waals surface area contributed by atoms with Crippen LogP contribution in [0.25, 0.3) is 0 Å². The number of aryl methyl sites for hydroxylation is 1. The Hall–Kier alpha value is -1.40. The smallest absolute Gasteiger partial charge is 0.227 e. The lowest BCUT2D eigenvalue weighted by atomic mass is 9.81. The molecule has 1 aliphatic rings. The molecule has 1 aliphatic heterocycles. The van der Waals surface area contributed by atoms with Gasteiger partial charge >= 0.3 is 0 Å². The van der Waals surface area contributed by atoms with Crippen LogP contribution in [0.5, 0.6) is 0 Å². The Morgan fingerprint density at radius 3 is 3.05 bits per heavy atom. The molecule has 0 aromatic carbocycles. The van der Waals surface area contributed by atoms with Crippen molar-refractivity contribution in [2.75, 3.05) is 33.4 Å². The van der Waals surface area contributed by atoms with Crippen LogP contribution in [-0.2, 0) is 23.1 Å². The van der Waals surface area contributed by atoms with Gasteiger partial charge in [-0.3, -0.25) is 9.69 Å². The fourth-order valence-electron chi connectivity index (χ4n) is 2.89. The molecule has 1 unspecified atom stereocenters. The topological polar surface area (TPSA) is 59.4 Å². The Morgan fingerprint density at radius 2 is 2.38 bits per heavy atom. The largest absolute Gasteiger partial charge is 0.383 e. The van der Waals surface area contributed by atoms with Gasteiger partial charge in [0.05, 0.1) is 18.6 Å². The molecular formula is C15H26N4O2. The van der Waals surface area contributed by atoms with E-state index >= 15 is 0 Å². The van der Waals surface area contributed by atoms with Gasteiger partial charge in [-0.25, -0.2) is 4.98 Å². The quantitative estimate of drug-likeness (QED) is 0.788. The first kappa shape index (κ1) is 16.0. The fraction of sp³-hybridized carbons (Fsp3) is 0.733. The Bertz CT molecular complexity index is 474. The van der Waals surface area contributed by atoms with Crippen LogP contribution in [0.4, 0.5) is 0 Å². The molecule has 0 aliphatic carbocycles. The molecule has 0 spiro atoms. The first-order chi connectivity index (χ1) is 10.0. The van der Waals surface area contributed by atoms with Crippen molar-refractivity contribution in [1.29, 1.82) is 0 Å². The van der Waals surface area contributed by atoms with Crippen LogP contribution in [0, 0.1) is 5.41 Å². The molecule has 0 saturated carbocycles. The van der Waals surface area contributed by atoms with Crippen molar-refractivity contribution in [3.8, 4) is 0 Å². The van der Waals surface area contributed by atoms with Crippen LogP contribution >= 0.6 is 0 Å². The average Bonchev–Trinajstić information content (AvgIpc) is 2.84. The van der Waals surface area contributed by atoms with E-state index in [9.17, 15) is 4.79 Å². The maximum absolute atomic E-state index is 12.4. The van der Waals surface area contributed by atoms with Gasteiger partial charge in [0.1, 0.15) is 5.82 Å². The highest BCUT2D eigenvalue weighted by Crippen LogP contribution is 2.30. The molecule has 21 heavy (non-hydrogen) atoms.